The molecule has 1 aromatic heterocycles. The summed E-state index contributed by atoms with van der Waals surface area (Å²) in [6, 6.07) is 1.77. The third-order valence-corrected chi connectivity index (χ3v) is 1.85. The molecule has 0 saturated carbocycles. The fraction of sp³-hybridized carbons (Fsp3) is 0.500. The van der Waals surface area contributed by atoms with Crippen LogP contribution in [0.5, 0.6) is 0 Å². The molecule has 14 heavy (non-hydrogen) atoms. The van der Waals surface area contributed by atoms with E-state index in [1.54, 1.807) is 13.1 Å². The first-order valence-electron chi connectivity index (χ1n) is 4.25. The topological polar surface area (TPSA) is 59.3 Å². The maximum absolute atomic E-state index is 5.30. The van der Waals surface area contributed by atoms with Gasteiger partial charge in [0, 0.05) is 19.7 Å². The van der Waals surface area contributed by atoms with E-state index in [1.807, 2.05) is 0 Å². The minimum absolute atomic E-state index is 0.463. The Hall–Kier alpha value is -1.14. The molecule has 2 N–H and O–H groups in total. The molecule has 0 amide bonds. The molecule has 0 radical (unpaired) electrons. The molecule has 0 aliphatic rings. The molecule has 6 heteroatoms. The van der Waals surface area contributed by atoms with Crippen molar-refractivity contribution >= 4 is 17.3 Å². The molecule has 1 rings (SSSR count). The minimum Gasteiger partial charge on any atom is -0.373 e. The molecule has 1 heterocycles. The van der Waals surface area contributed by atoms with Crippen molar-refractivity contribution in [2.75, 3.05) is 20.2 Å². The van der Waals surface area contributed by atoms with E-state index < -0.39 is 0 Å². The van der Waals surface area contributed by atoms with Gasteiger partial charge in [0.1, 0.15) is 12.0 Å². The molecular weight excluding hydrogens is 202 g/mol. The molecule has 0 saturated heterocycles. The highest BCUT2D eigenvalue weighted by molar-refractivity contribution is 7.80. The van der Waals surface area contributed by atoms with Gasteiger partial charge in [-0.25, -0.2) is 0 Å². The van der Waals surface area contributed by atoms with Gasteiger partial charge in [-0.2, -0.15) is 0 Å². The van der Waals surface area contributed by atoms with E-state index in [4.69, 9.17) is 17.0 Å². The van der Waals surface area contributed by atoms with Gasteiger partial charge in [0.2, 0.25) is 0 Å². The van der Waals surface area contributed by atoms with Crippen molar-refractivity contribution in [2.24, 2.45) is 0 Å². The molecular formula is C8H13N3O2S. The Morgan fingerprint density at radius 2 is 2.57 bits per heavy atom. The Morgan fingerprint density at radius 1 is 1.71 bits per heavy atom. The van der Waals surface area contributed by atoms with Crippen LogP contribution in [0.25, 0.3) is 0 Å². The largest absolute Gasteiger partial charge is 0.373 e. The Labute approximate surface area is 87.8 Å². The molecule has 0 atom stereocenters. The molecule has 0 aliphatic heterocycles. The first-order chi connectivity index (χ1) is 6.83. The van der Waals surface area contributed by atoms with Crippen molar-refractivity contribution in [3.05, 3.63) is 18.0 Å². The molecule has 0 unspecified atom stereocenters. The quantitative estimate of drug-likeness (QED) is 0.543. The molecule has 1 aromatic rings. The van der Waals surface area contributed by atoms with Crippen molar-refractivity contribution in [3.8, 4) is 0 Å². The van der Waals surface area contributed by atoms with Gasteiger partial charge in [0.05, 0.1) is 13.2 Å². The number of thiocarbonyl (C=S) groups is 1. The van der Waals surface area contributed by atoms with Crippen LogP contribution in [-0.2, 0) is 11.3 Å². The van der Waals surface area contributed by atoms with E-state index in [0.717, 1.165) is 5.69 Å². The molecule has 0 bridgehead atoms. The summed E-state index contributed by atoms with van der Waals surface area (Å²) in [6.45, 7) is 1.72. The average molecular weight is 215 g/mol. The Balaban J connectivity index is 1.97. The first-order valence-corrected chi connectivity index (χ1v) is 4.66. The summed E-state index contributed by atoms with van der Waals surface area (Å²) in [6.07, 6.45) is 1.52. The summed E-state index contributed by atoms with van der Waals surface area (Å²) in [7, 11) is 1.77. The van der Waals surface area contributed by atoms with Crippen LogP contribution in [0.1, 0.15) is 5.69 Å². The summed E-state index contributed by atoms with van der Waals surface area (Å²) in [5.74, 6) is 0. The van der Waals surface area contributed by atoms with Crippen molar-refractivity contribution in [3.63, 3.8) is 0 Å². The van der Waals surface area contributed by atoms with Gasteiger partial charge in [-0.3, -0.25) is 0 Å². The van der Waals surface area contributed by atoms with Crippen LogP contribution in [0.4, 0.5) is 0 Å². The summed E-state index contributed by atoms with van der Waals surface area (Å²) in [4.78, 5) is 0. The standard InChI is InChI=1S/C8H13N3O2S/c1-9-8(14)10-3-5-12-6-7-2-4-13-11-7/h2,4H,3,5-6H2,1H3,(H2,9,10,14). The summed E-state index contributed by atoms with van der Waals surface area (Å²) in [5.41, 5.74) is 0.793. The number of nitrogens with one attached hydrogen (secondary N) is 2. The lowest BCUT2D eigenvalue weighted by Crippen LogP contribution is -2.34. The zero-order chi connectivity index (χ0) is 10.2. The van der Waals surface area contributed by atoms with E-state index in [9.17, 15) is 0 Å². The highest BCUT2D eigenvalue weighted by Gasteiger charge is 1.96. The predicted molar refractivity (Wildman–Crippen MR) is 55.8 cm³/mol. The maximum Gasteiger partial charge on any atom is 0.166 e. The molecule has 5 nitrogen and oxygen atoms in total. The van der Waals surface area contributed by atoms with Gasteiger partial charge in [0.15, 0.2) is 5.11 Å². The Kier molecular flexibility index (Phi) is 4.95. The zero-order valence-corrected chi connectivity index (χ0v) is 8.76. The van der Waals surface area contributed by atoms with Crippen LogP contribution in [0.3, 0.4) is 0 Å². The lowest BCUT2D eigenvalue weighted by Gasteiger charge is -2.06. The first kappa shape index (κ1) is 10.9. The number of hydrogen-bond donors (Lipinski definition) is 2. The Morgan fingerprint density at radius 3 is 3.21 bits per heavy atom. The number of nitrogens with zero attached hydrogens (tertiary/aromatic N) is 1. The van der Waals surface area contributed by atoms with Gasteiger partial charge in [-0.15, -0.1) is 0 Å². The fourth-order valence-electron chi connectivity index (χ4n) is 0.814. The molecule has 0 aliphatic carbocycles. The SMILES string of the molecule is CNC(=S)NCCOCc1ccon1. The number of hydrogen-bond acceptors (Lipinski definition) is 4. The highest BCUT2D eigenvalue weighted by Crippen LogP contribution is 1.95. The minimum atomic E-state index is 0.463. The van der Waals surface area contributed by atoms with E-state index in [-0.39, 0.29) is 0 Å². The fourth-order valence-corrected chi connectivity index (χ4v) is 0.916. The van der Waals surface area contributed by atoms with E-state index in [0.29, 0.717) is 24.9 Å². The predicted octanol–water partition coefficient (Wildman–Crippen LogP) is 0.285. The summed E-state index contributed by atoms with van der Waals surface area (Å²) >= 11 is 4.88. The van der Waals surface area contributed by atoms with Gasteiger partial charge in [0.25, 0.3) is 0 Å². The number of ether oxygens (including phenoxy) is 1. The normalized spacial score (nSPS) is 9.79. The highest BCUT2D eigenvalue weighted by atomic mass is 32.1. The third-order valence-electron chi connectivity index (χ3n) is 1.50. The second-order valence-electron chi connectivity index (χ2n) is 2.55. The van der Waals surface area contributed by atoms with Crippen LogP contribution in [0.2, 0.25) is 0 Å². The third kappa shape index (κ3) is 4.20. The summed E-state index contributed by atoms with van der Waals surface area (Å²) in [5, 5.41) is 10.1. The van der Waals surface area contributed by atoms with Gasteiger partial charge in [-0.05, 0) is 12.2 Å². The van der Waals surface area contributed by atoms with Crippen molar-refractivity contribution in [2.45, 2.75) is 6.61 Å². The lowest BCUT2D eigenvalue weighted by molar-refractivity contribution is 0.120. The maximum atomic E-state index is 5.30. The van der Waals surface area contributed by atoms with Crippen molar-refractivity contribution < 1.29 is 9.26 Å². The molecule has 0 fully saturated rings. The second-order valence-corrected chi connectivity index (χ2v) is 2.96. The molecule has 78 valence electrons. The second kappa shape index (κ2) is 6.33. The van der Waals surface area contributed by atoms with Crippen LogP contribution in [-0.4, -0.2) is 30.5 Å². The van der Waals surface area contributed by atoms with Crippen LogP contribution < -0.4 is 10.6 Å². The van der Waals surface area contributed by atoms with E-state index in [1.165, 1.54) is 6.26 Å². The lowest BCUT2D eigenvalue weighted by atomic mass is 10.5. The van der Waals surface area contributed by atoms with Crippen LogP contribution in [0, 0.1) is 0 Å². The van der Waals surface area contributed by atoms with Crippen molar-refractivity contribution in [1.82, 2.24) is 15.8 Å². The van der Waals surface area contributed by atoms with E-state index in [2.05, 4.69) is 20.3 Å². The van der Waals surface area contributed by atoms with Crippen molar-refractivity contribution in [1.29, 1.82) is 0 Å². The number of rotatable bonds is 5. The smallest absolute Gasteiger partial charge is 0.166 e. The monoisotopic (exact) mass is 215 g/mol. The molecule has 0 spiro atoms. The van der Waals surface area contributed by atoms with Gasteiger partial charge >= 0.3 is 0 Å². The van der Waals surface area contributed by atoms with Gasteiger partial charge in [-0.1, -0.05) is 5.16 Å². The Bertz CT molecular complexity index is 264. The number of aromatic nitrogens is 1. The zero-order valence-electron chi connectivity index (χ0n) is 7.95. The van der Waals surface area contributed by atoms with Crippen LogP contribution in [0.15, 0.2) is 16.9 Å². The molecule has 0 aromatic carbocycles. The van der Waals surface area contributed by atoms with Gasteiger partial charge < -0.3 is 19.9 Å². The average Bonchev–Trinajstić information content (AvgIpc) is 2.69. The van der Waals surface area contributed by atoms with E-state index >= 15 is 0 Å². The van der Waals surface area contributed by atoms with Crippen LogP contribution >= 0.6 is 12.2 Å². The summed E-state index contributed by atoms with van der Waals surface area (Å²) < 4.78 is 9.95.